The first-order chi connectivity index (χ1) is 7.25. The van der Waals surface area contributed by atoms with Crippen LogP contribution in [0.3, 0.4) is 0 Å². The molecule has 2 bridgehead atoms. The highest BCUT2D eigenvalue weighted by molar-refractivity contribution is 5.82. The zero-order chi connectivity index (χ0) is 10.4. The molecule has 4 nitrogen and oxygen atoms in total. The Balaban J connectivity index is 1.61. The van der Waals surface area contributed by atoms with Crippen molar-refractivity contribution in [3.63, 3.8) is 0 Å². The maximum atomic E-state index is 12.1. The van der Waals surface area contributed by atoms with E-state index < -0.39 is 0 Å². The third kappa shape index (κ3) is 1.47. The molecule has 0 aromatic carbocycles. The molecule has 1 amide bonds. The van der Waals surface area contributed by atoms with Crippen LogP contribution in [0.15, 0.2) is 0 Å². The van der Waals surface area contributed by atoms with Gasteiger partial charge in [-0.15, -0.1) is 0 Å². The molecule has 0 aromatic rings. The number of amides is 1. The van der Waals surface area contributed by atoms with E-state index in [-0.39, 0.29) is 18.1 Å². The third-order valence-electron chi connectivity index (χ3n) is 4.15. The van der Waals surface area contributed by atoms with Gasteiger partial charge in [-0.2, -0.15) is 0 Å². The van der Waals surface area contributed by atoms with E-state index in [1.807, 2.05) is 4.90 Å². The van der Waals surface area contributed by atoms with Crippen molar-refractivity contribution in [1.29, 1.82) is 0 Å². The lowest BCUT2D eigenvalue weighted by atomic mass is 9.68. The molecule has 4 fully saturated rings. The number of piperidine rings is 2. The van der Waals surface area contributed by atoms with Crippen molar-refractivity contribution in [3.8, 4) is 0 Å². The fourth-order valence-corrected chi connectivity index (χ4v) is 3.16. The second kappa shape index (κ2) is 3.46. The van der Waals surface area contributed by atoms with E-state index in [2.05, 4.69) is 5.32 Å². The van der Waals surface area contributed by atoms with Crippen molar-refractivity contribution in [2.75, 3.05) is 19.6 Å². The summed E-state index contributed by atoms with van der Waals surface area (Å²) in [5, 5.41) is 12.9. The van der Waals surface area contributed by atoms with Crippen LogP contribution in [0.1, 0.15) is 19.3 Å². The van der Waals surface area contributed by atoms with Crippen LogP contribution in [0.5, 0.6) is 0 Å². The van der Waals surface area contributed by atoms with Crippen molar-refractivity contribution < 1.29 is 9.90 Å². The molecule has 3 saturated heterocycles. The highest BCUT2D eigenvalue weighted by Crippen LogP contribution is 2.40. The molecule has 3 atom stereocenters. The number of hydrogen-bond acceptors (Lipinski definition) is 3. The molecule has 15 heavy (non-hydrogen) atoms. The van der Waals surface area contributed by atoms with Gasteiger partial charge in [-0.3, -0.25) is 4.79 Å². The van der Waals surface area contributed by atoms with Gasteiger partial charge >= 0.3 is 0 Å². The number of aliphatic hydroxyl groups is 1. The Morgan fingerprint density at radius 2 is 2.07 bits per heavy atom. The molecule has 0 aromatic heterocycles. The molecule has 3 unspecified atom stereocenters. The maximum Gasteiger partial charge on any atom is 0.239 e. The van der Waals surface area contributed by atoms with Gasteiger partial charge in [-0.1, -0.05) is 0 Å². The zero-order valence-electron chi connectivity index (χ0n) is 8.85. The molecular formula is C11H18N2O2. The van der Waals surface area contributed by atoms with Gasteiger partial charge in [-0.25, -0.2) is 0 Å². The van der Waals surface area contributed by atoms with Crippen LogP contribution >= 0.6 is 0 Å². The first-order valence-electron chi connectivity index (χ1n) is 5.96. The summed E-state index contributed by atoms with van der Waals surface area (Å²) in [5.74, 6) is 0.970. The minimum atomic E-state index is -0.134. The third-order valence-corrected chi connectivity index (χ3v) is 4.15. The molecule has 0 spiro atoms. The Morgan fingerprint density at radius 3 is 2.60 bits per heavy atom. The zero-order valence-corrected chi connectivity index (χ0v) is 8.85. The summed E-state index contributed by atoms with van der Waals surface area (Å²) < 4.78 is 0. The Bertz CT molecular complexity index is 264. The van der Waals surface area contributed by atoms with E-state index >= 15 is 0 Å². The molecule has 4 aliphatic rings. The van der Waals surface area contributed by atoms with Crippen molar-refractivity contribution in [2.24, 2.45) is 11.8 Å². The Labute approximate surface area is 89.6 Å². The number of carbonyl (C=O) groups excluding carboxylic acids is 1. The fourth-order valence-electron chi connectivity index (χ4n) is 3.16. The predicted octanol–water partition coefficient (Wildman–Crippen LogP) is -0.422. The van der Waals surface area contributed by atoms with Gasteiger partial charge in [0.2, 0.25) is 5.91 Å². The van der Waals surface area contributed by atoms with E-state index in [4.69, 9.17) is 0 Å². The number of aliphatic hydroxyl groups excluding tert-OH is 1. The summed E-state index contributed by atoms with van der Waals surface area (Å²) in [4.78, 5) is 14.0. The predicted molar refractivity (Wildman–Crippen MR) is 55.2 cm³/mol. The summed E-state index contributed by atoms with van der Waals surface area (Å²) >= 11 is 0. The molecular weight excluding hydrogens is 192 g/mol. The van der Waals surface area contributed by atoms with Crippen LogP contribution in [-0.4, -0.2) is 47.7 Å². The van der Waals surface area contributed by atoms with Crippen LogP contribution < -0.4 is 5.32 Å². The van der Waals surface area contributed by atoms with Crippen molar-refractivity contribution in [2.45, 2.75) is 31.4 Å². The Hall–Kier alpha value is -0.610. The van der Waals surface area contributed by atoms with E-state index in [1.54, 1.807) is 0 Å². The maximum absolute atomic E-state index is 12.1. The summed E-state index contributed by atoms with van der Waals surface area (Å²) in [6.07, 6.45) is 3.07. The number of fused-ring (bicyclic) bond motifs is 2. The molecule has 1 saturated carbocycles. The van der Waals surface area contributed by atoms with Crippen LogP contribution in [0.25, 0.3) is 0 Å². The highest BCUT2D eigenvalue weighted by atomic mass is 16.3. The quantitative estimate of drug-likeness (QED) is 0.618. The smallest absolute Gasteiger partial charge is 0.239 e. The molecule has 1 aliphatic carbocycles. The van der Waals surface area contributed by atoms with Gasteiger partial charge in [0, 0.05) is 24.9 Å². The normalized spacial score (nSPS) is 43.9. The molecule has 3 heterocycles. The van der Waals surface area contributed by atoms with E-state index in [0.717, 1.165) is 38.9 Å². The highest BCUT2D eigenvalue weighted by Gasteiger charge is 2.47. The van der Waals surface area contributed by atoms with Crippen LogP contribution in [0, 0.1) is 11.8 Å². The monoisotopic (exact) mass is 210 g/mol. The largest absolute Gasteiger partial charge is 0.392 e. The minimum Gasteiger partial charge on any atom is -0.392 e. The SMILES string of the molecule is O=C(C1CCCN1)N1CC2CC(C1)C2O. The summed E-state index contributed by atoms with van der Waals surface area (Å²) in [5.41, 5.74) is 0. The second-order valence-electron chi connectivity index (χ2n) is 5.14. The van der Waals surface area contributed by atoms with Gasteiger partial charge < -0.3 is 15.3 Å². The number of nitrogens with zero attached hydrogens (tertiary/aromatic N) is 1. The molecule has 0 radical (unpaired) electrons. The number of nitrogens with one attached hydrogen (secondary N) is 1. The van der Waals surface area contributed by atoms with Gasteiger partial charge in [0.1, 0.15) is 0 Å². The Kier molecular flexibility index (Phi) is 2.21. The van der Waals surface area contributed by atoms with Gasteiger partial charge in [0.25, 0.3) is 0 Å². The summed E-state index contributed by atoms with van der Waals surface area (Å²) in [6, 6.07) is 0.0552. The lowest BCUT2D eigenvalue weighted by Gasteiger charge is -2.51. The molecule has 2 N–H and O–H groups in total. The number of carbonyl (C=O) groups is 1. The first kappa shape index (κ1) is 9.60. The van der Waals surface area contributed by atoms with Crippen LogP contribution in [0.2, 0.25) is 0 Å². The van der Waals surface area contributed by atoms with Gasteiger partial charge in [0.15, 0.2) is 0 Å². The van der Waals surface area contributed by atoms with Crippen LogP contribution in [0.4, 0.5) is 0 Å². The molecule has 4 heteroatoms. The average molecular weight is 210 g/mol. The lowest BCUT2D eigenvalue weighted by Crippen LogP contribution is -2.61. The number of rotatable bonds is 1. The van der Waals surface area contributed by atoms with E-state index in [1.165, 1.54) is 0 Å². The summed E-state index contributed by atoms with van der Waals surface area (Å²) in [6.45, 7) is 2.52. The van der Waals surface area contributed by atoms with Crippen molar-refractivity contribution in [1.82, 2.24) is 10.2 Å². The standard InChI is InChI=1S/C11H18N2O2/c14-10-7-4-8(10)6-13(5-7)11(15)9-2-1-3-12-9/h7-10,12,14H,1-6H2. The number of hydrogen-bond donors (Lipinski definition) is 2. The van der Waals surface area contributed by atoms with Crippen molar-refractivity contribution >= 4 is 5.91 Å². The molecule has 84 valence electrons. The van der Waals surface area contributed by atoms with Crippen LogP contribution in [-0.2, 0) is 4.79 Å². The summed E-state index contributed by atoms with van der Waals surface area (Å²) in [7, 11) is 0. The van der Waals surface area contributed by atoms with E-state index in [0.29, 0.717) is 11.8 Å². The van der Waals surface area contributed by atoms with Gasteiger partial charge in [-0.05, 0) is 25.8 Å². The van der Waals surface area contributed by atoms with E-state index in [9.17, 15) is 9.90 Å². The average Bonchev–Trinajstić information content (AvgIpc) is 2.81. The molecule has 3 aliphatic heterocycles. The minimum absolute atomic E-state index is 0.0552. The Morgan fingerprint density at radius 1 is 1.33 bits per heavy atom. The lowest BCUT2D eigenvalue weighted by molar-refractivity contribution is -0.152. The molecule has 4 rings (SSSR count). The van der Waals surface area contributed by atoms with Crippen molar-refractivity contribution in [3.05, 3.63) is 0 Å². The fraction of sp³-hybridized carbons (Fsp3) is 0.909. The van der Waals surface area contributed by atoms with Gasteiger partial charge in [0.05, 0.1) is 12.1 Å². The topological polar surface area (TPSA) is 52.6 Å². The first-order valence-corrected chi connectivity index (χ1v) is 5.96. The second-order valence-corrected chi connectivity index (χ2v) is 5.14.